The van der Waals surface area contributed by atoms with Crippen LogP contribution in [0.15, 0.2) is 48.5 Å². The van der Waals surface area contributed by atoms with Crippen molar-refractivity contribution in [1.82, 2.24) is 9.78 Å². The lowest BCUT2D eigenvalue weighted by atomic mass is 10.1. The van der Waals surface area contributed by atoms with E-state index in [0.717, 1.165) is 0 Å². The number of ether oxygens (including phenoxy) is 1. The molecule has 3 nitrogen and oxygen atoms in total. The van der Waals surface area contributed by atoms with E-state index in [1.807, 2.05) is 0 Å². The van der Waals surface area contributed by atoms with Crippen LogP contribution in [0.3, 0.4) is 0 Å². The maximum absolute atomic E-state index is 14.0. The van der Waals surface area contributed by atoms with Crippen molar-refractivity contribution >= 4 is 11.6 Å². The van der Waals surface area contributed by atoms with E-state index in [-0.39, 0.29) is 5.75 Å². The predicted molar refractivity (Wildman–Crippen MR) is 85.5 cm³/mol. The summed E-state index contributed by atoms with van der Waals surface area (Å²) in [4.78, 5) is 0. The predicted octanol–water partition coefficient (Wildman–Crippen LogP) is 5.28. The van der Waals surface area contributed by atoms with Gasteiger partial charge in [0.25, 0.3) is 6.43 Å². The number of aromatic nitrogens is 2. The number of hydrogen-bond acceptors (Lipinski definition) is 2. The number of methoxy groups -OCH3 is 1. The first-order valence-electron chi connectivity index (χ1n) is 6.97. The molecule has 3 aromatic rings. The van der Waals surface area contributed by atoms with Crippen LogP contribution in [0.4, 0.5) is 13.2 Å². The van der Waals surface area contributed by atoms with E-state index in [0.29, 0.717) is 22.0 Å². The highest BCUT2D eigenvalue weighted by atomic mass is 35.5. The van der Waals surface area contributed by atoms with E-state index in [4.69, 9.17) is 16.3 Å². The summed E-state index contributed by atoms with van der Waals surface area (Å²) in [6.07, 6.45) is -2.74. The van der Waals surface area contributed by atoms with Crippen molar-refractivity contribution in [3.8, 4) is 22.7 Å². The number of halogens is 4. The molecule has 0 aliphatic heterocycles. The molecule has 2 aromatic carbocycles. The van der Waals surface area contributed by atoms with Gasteiger partial charge in [-0.1, -0.05) is 11.6 Å². The molecule has 0 fully saturated rings. The molecule has 0 unspecified atom stereocenters. The van der Waals surface area contributed by atoms with Gasteiger partial charge in [-0.2, -0.15) is 5.10 Å². The topological polar surface area (TPSA) is 27.1 Å². The molecule has 24 heavy (non-hydrogen) atoms. The summed E-state index contributed by atoms with van der Waals surface area (Å²) in [6, 6.07) is 12.0. The summed E-state index contributed by atoms with van der Waals surface area (Å²) in [5.41, 5.74) is 0.894. The smallest absolute Gasteiger partial charge is 0.282 e. The Morgan fingerprint density at radius 1 is 1.08 bits per heavy atom. The van der Waals surface area contributed by atoms with Crippen molar-refractivity contribution in [2.45, 2.75) is 6.43 Å². The van der Waals surface area contributed by atoms with Gasteiger partial charge in [-0.25, -0.2) is 17.9 Å². The lowest BCUT2D eigenvalue weighted by molar-refractivity contribution is 0.145. The first-order valence-corrected chi connectivity index (χ1v) is 7.35. The number of benzene rings is 2. The van der Waals surface area contributed by atoms with Crippen molar-refractivity contribution in [2.75, 3.05) is 7.11 Å². The second-order valence-corrected chi connectivity index (χ2v) is 5.43. The van der Waals surface area contributed by atoms with E-state index >= 15 is 0 Å². The van der Waals surface area contributed by atoms with Crippen molar-refractivity contribution in [3.05, 3.63) is 65.1 Å². The van der Waals surface area contributed by atoms with Crippen LogP contribution < -0.4 is 4.74 Å². The molecule has 0 radical (unpaired) electrons. The van der Waals surface area contributed by atoms with E-state index in [1.54, 1.807) is 30.3 Å². The summed E-state index contributed by atoms with van der Waals surface area (Å²) in [5, 5.41) is 4.44. The first-order chi connectivity index (χ1) is 11.5. The van der Waals surface area contributed by atoms with Crippen molar-refractivity contribution < 1.29 is 17.9 Å². The van der Waals surface area contributed by atoms with Gasteiger partial charge in [0.05, 0.1) is 18.5 Å². The molecule has 0 aliphatic carbocycles. The van der Waals surface area contributed by atoms with Crippen LogP contribution in [0.5, 0.6) is 5.75 Å². The fourth-order valence-electron chi connectivity index (χ4n) is 2.32. The molecule has 0 amide bonds. The highest BCUT2D eigenvalue weighted by Gasteiger charge is 2.18. The van der Waals surface area contributed by atoms with Crippen LogP contribution in [0.1, 0.15) is 12.1 Å². The first kappa shape index (κ1) is 16.4. The summed E-state index contributed by atoms with van der Waals surface area (Å²) in [5.74, 6) is -0.511. The van der Waals surface area contributed by atoms with Gasteiger partial charge in [-0.3, -0.25) is 0 Å². The van der Waals surface area contributed by atoms with Crippen molar-refractivity contribution in [2.24, 2.45) is 0 Å². The Morgan fingerprint density at radius 3 is 2.38 bits per heavy atom. The van der Waals surface area contributed by atoms with Gasteiger partial charge in [-0.05, 0) is 48.5 Å². The van der Waals surface area contributed by atoms with Crippen LogP contribution in [-0.4, -0.2) is 16.9 Å². The molecule has 0 atom stereocenters. The maximum Gasteiger partial charge on any atom is 0.282 e. The molecule has 0 bridgehead atoms. The van der Waals surface area contributed by atoms with Gasteiger partial charge >= 0.3 is 0 Å². The fraction of sp³-hybridized carbons (Fsp3) is 0.118. The van der Waals surface area contributed by atoms with Crippen LogP contribution in [0.25, 0.3) is 16.9 Å². The summed E-state index contributed by atoms with van der Waals surface area (Å²) < 4.78 is 46.3. The molecule has 1 heterocycles. The Morgan fingerprint density at radius 2 is 1.79 bits per heavy atom. The second kappa shape index (κ2) is 6.57. The minimum atomic E-state index is -2.74. The average Bonchev–Trinajstić information content (AvgIpc) is 3.01. The lowest BCUT2D eigenvalue weighted by Crippen LogP contribution is -2.00. The Labute approximate surface area is 141 Å². The van der Waals surface area contributed by atoms with Crippen LogP contribution in [-0.2, 0) is 0 Å². The summed E-state index contributed by atoms with van der Waals surface area (Å²) in [6.45, 7) is 0. The van der Waals surface area contributed by atoms with Gasteiger partial charge in [-0.15, -0.1) is 0 Å². The number of hydrogen-bond donors (Lipinski definition) is 0. The van der Waals surface area contributed by atoms with Gasteiger partial charge < -0.3 is 4.74 Å². The SMILES string of the molecule is COc1ccc(-c2cc(C(F)F)nn2-c2ccc(Cl)cc2)cc1F. The highest BCUT2D eigenvalue weighted by molar-refractivity contribution is 6.30. The van der Waals surface area contributed by atoms with Gasteiger partial charge in [0.2, 0.25) is 0 Å². The standard InChI is InChI=1S/C17H12ClF3N2O/c1-24-16-7-2-10(8-13(16)19)15-9-14(17(20)21)22-23(15)12-5-3-11(18)4-6-12/h2-9,17H,1H3. The molecule has 124 valence electrons. The fourth-order valence-corrected chi connectivity index (χ4v) is 2.44. The molecular formula is C17H12ClF3N2O. The Bertz CT molecular complexity index is 863. The van der Waals surface area contributed by atoms with Gasteiger partial charge in [0.1, 0.15) is 5.69 Å². The third-order valence-corrected chi connectivity index (χ3v) is 3.72. The number of alkyl halides is 2. The highest BCUT2D eigenvalue weighted by Crippen LogP contribution is 2.31. The van der Waals surface area contributed by atoms with E-state index in [1.165, 1.54) is 30.0 Å². The Kier molecular flexibility index (Phi) is 4.49. The Balaban J connectivity index is 2.15. The molecule has 0 saturated carbocycles. The molecule has 3 rings (SSSR count). The molecule has 1 aromatic heterocycles. The quantitative estimate of drug-likeness (QED) is 0.639. The second-order valence-electron chi connectivity index (χ2n) is 4.99. The van der Waals surface area contributed by atoms with Crippen molar-refractivity contribution in [1.29, 1.82) is 0 Å². The molecule has 0 spiro atoms. The Hall–Kier alpha value is -2.47. The van der Waals surface area contributed by atoms with E-state index < -0.39 is 17.9 Å². The van der Waals surface area contributed by atoms with Crippen LogP contribution >= 0.6 is 11.6 Å². The zero-order valence-corrected chi connectivity index (χ0v) is 13.3. The molecular weight excluding hydrogens is 341 g/mol. The largest absolute Gasteiger partial charge is 0.494 e. The molecule has 0 saturated heterocycles. The zero-order chi connectivity index (χ0) is 17.3. The number of nitrogens with zero attached hydrogens (tertiary/aromatic N) is 2. The summed E-state index contributed by atoms with van der Waals surface area (Å²) in [7, 11) is 1.35. The monoisotopic (exact) mass is 352 g/mol. The third-order valence-electron chi connectivity index (χ3n) is 3.47. The summed E-state index contributed by atoms with van der Waals surface area (Å²) >= 11 is 5.85. The normalized spacial score (nSPS) is 11.1. The van der Waals surface area contributed by atoms with Crippen molar-refractivity contribution in [3.63, 3.8) is 0 Å². The third kappa shape index (κ3) is 3.10. The van der Waals surface area contributed by atoms with Gasteiger partial charge in [0.15, 0.2) is 11.6 Å². The van der Waals surface area contributed by atoms with Gasteiger partial charge in [0, 0.05) is 10.6 Å². The lowest BCUT2D eigenvalue weighted by Gasteiger charge is -2.09. The maximum atomic E-state index is 14.0. The molecule has 0 N–H and O–H groups in total. The average molecular weight is 353 g/mol. The zero-order valence-electron chi connectivity index (χ0n) is 12.5. The molecule has 0 aliphatic rings. The van der Waals surface area contributed by atoms with Crippen LogP contribution in [0.2, 0.25) is 5.02 Å². The number of rotatable bonds is 4. The molecule has 7 heteroatoms. The minimum Gasteiger partial charge on any atom is -0.494 e. The van der Waals surface area contributed by atoms with E-state index in [2.05, 4.69) is 5.10 Å². The van der Waals surface area contributed by atoms with E-state index in [9.17, 15) is 13.2 Å². The minimum absolute atomic E-state index is 0.0744. The van der Waals surface area contributed by atoms with Crippen LogP contribution in [0, 0.1) is 5.82 Å².